The lowest BCUT2D eigenvalue weighted by molar-refractivity contribution is 0.0691. The number of rotatable bonds is 5. The van der Waals surface area contributed by atoms with Crippen LogP contribution in [0.15, 0.2) is 18.2 Å². The molecule has 1 aliphatic heterocycles. The second kappa shape index (κ2) is 7.00. The van der Waals surface area contributed by atoms with Crippen LogP contribution >= 0.6 is 0 Å². The van der Waals surface area contributed by atoms with Gasteiger partial charge in [-0.05, 0) is 37.1 Å². The fourth-order valence-corrected chi connectivity index (χ4v) is 2.76. The van der Waals surface area contributed by atoms with Crippen molar-refractivity contribution >= 4 is 5.97 Å². The van der Waals surface area contributed by atoms with Crippen LogP contribution in [0.4, 0.5) is 4.39 Å². The lowest BCUT2D eigenvalue weighted by Crippen LogP contribution is -2.49. The van der Waals surface area contributed by atoms with Crippen LogP contribution in [0.5, 0.6) is 0 Å². The Labute approximate surface area is 125 Å². The number of aromatic carboxylic acids is 1. The maximum atomic E-state index is 13.4. The van der Waals surface area contributed by atoms with E-state index < -0.39 is 5.97 Å². The van der Waals surface area contributed by atoms with E-state index in [-0.39, 0.29) is 11.4 Å². The van der Waals surface area contributed by atoms with E-state index in [1.165, 1.54) is 18.2 Å². The van der Waals surface area contributed by atoms with Gasteiger partial charge in [-0.2, -0.15) is 0 Å². The predicted octanol–water partition coefficient (Wildman–Crippen LogP) is 2.44. The molecule has 1 aromatic carbocycles. The smallest absolute Gasteiger partial charge is 0.336 e. The van der Waals surface area contributed by atoms with Gasteiger partial charge in [0.1, 0.15) is 5.82 Å². The van der Waals surface area contributed by atoms with Crippen molar-refractivity contribution in [3.63, 3.8) is 0 Å². The minimum absolute atomic E-state index is 0.195. The van der Waals surface area contributed by atoms with E-state index in [0.717, 1.165) is 32.6 Å². The van der Waals surface area contributed by atoms with Crippen LogP contribution in [0.1, 0.15) is 36.2 Å². The van der Waals surface area contributed by atoms with Gasteiger partial charge in [0.15, 0.2) is 0 Å². The molecule has 1 aliphatic rings. The maximum Gasteiger partial charge on any atom is 0.336 e. The lowest BCUT2D eigenvalue weighted by Gasteiger charge is -2.38. The monoisotopic (exact) mass is 294 g/mol. The highest BCUT2D eigenvalue weighted by Crippen LogP contribution is 2.16. The number of carbonyl (C=O) groups is 1. The van der Waals surface area contributed by atoms with Crippen molar-refractivity contribution in [2.24, 2.45) is 0 Å². The molecule has 1 heterocycles. The molecule has 4 nitrogen and oxygen atoms in total. The Kier molecular flexibility index (Phi) is 5.31. The Morgan fingerprint density at radius 3 is 2.57 bits per heavy atom. The zero-order chi connectivity index (χ0) is 15.4. The van der Waals surface area contributed by atoms with Crippen molar-refractivity contribution in [2.75, 3.05) is 26.2 Å². The molecule has 0 radical (unpaired) electrons. The van der Waals surface area contributed by atoms with E-state index in [2.05, 4.69) is 23.6 Å². The van der Waals surface area contributed by atoms with Crippen LogP contribution in [-0.4, -0.2) is 53.1 Å². The molecule has 2 rings (SSSR count). The largest absolute Gasteiger partial charge is 0.478 e. The number of halogens is 1. The van der Waals surface area contributed by atoms with Crippen LogP contribution in [0, 0.1) is 5.82 Å². The SMILES string of the molecule is CCC(C)N1CCN(Cc2cc(F)ccc2C(=O)O)CC1. The average molecular weight is 294 g/mol. The highest BCUT2D eigenvalue weighted by molar-refractivity contribution is 5.89. The fraction of sp³-hybridized carbons (Fsp3) is 0.562. The molecule has 0 aliphatic carbocycles. The first-order valence-corrected chi connectivity index (χ1v) is 7.49. The molecule has 1 atom stereocenters. The molecule has 1 aromatic rings. The molecule has 0 amide bonds. The Bertz CT molecular complexity index is 499. The number of hydrogen-bond donors (Lipinski definition) is 1. The minimum atomic E-state index is -0.997. The van der Waals surface area contributed by atoms with Crippen molar-refractivity contribution in [3.05, 3.63) is 35.1 Å². The van der Waals surface area contributed by atoms with E-state index in [1.54, 1.807) is 0 Å². The summed E-state index contributed by atoms with van der Waals surface area (Å²) in [6.45, 7) is 8.64. The summed E-state index contributed by atoms with van der Waals surface area (Å²) in [6, 6.07) is 4.47. The number of benzene rings is 1. The van der Waals surface area contributed by atoms with E-state index >= 15 is 0 Å². The standard InChI is InChI=1S/C16H23FN2O2/c1-3-12(2)19-8-6-18(7-9-19)11-13-10-14(17)4-5-15(13)16(20)21/h4-5,10,12H,3,6-9,11H2,1-2H3,(H,20,21). The van der Waals surface area contributed by atoms with Gasteiger partial charge in [-0.1, -0.05) is 6.92 Å². The normalized spacial score (nSPS) is 18.6. The second-order valence-electron chi connectivity index (χ2n) is 5.68. The van der Waals surface area contributed by atoms with Crippen LogP contribution in [-0.2, 0) is 6.54 Å². The first-order valence-electron chi connectivity index (χ1n) is 7.49. The van der Waals surface area contributed by atoms with E-state index in [9.17, 15) is 14.3 Å². The molecule has 5 heteroatoms. The van der Waals surface area contributed by atoms with Crippen molar-refractivity contribution in [2.45, 2.75) is 32.9 Å². The van der Waals surface area contributed by atoms with Gasteiger partial charge in [-0.25, -0.2) is 9.18 Å². The average Bonchev–Trinajstić information content (AvgIpc) is 2.47. The zero-order valence-electron chi connectivity index (χ0n) is 12.7. The molecular weight excluding hydrogens is 271 g/mol. The number of carboxylic acids is 1. The zero-order valence-corrected chi connectivity index (χ0v) is 12.7. The maximum absolute atomic E-state index is 13.4. The topological polar surface area (TPSA) is 43.8 Å². The molecule has 1 unspecified atom stereocenters. The predicted molar refractivity (Wildman–Crippen MR) is 80.0 cm³/mol. The third-order valence-electron chi connectivity index (χ3n) is 4.31. The third kappa shape index (κ3) is 4.02. The first-order chi connectivity index (χ1) is 10.0. The van der Waals surface area contributed by atoms with Crippen LogP contribution in [0.25, 0.3) is 0 Å². The number of nitrogens with zero attached hydrogens (tertiary/aromatic N) is 2. The van der Waals surface area contributed by atoms with Crippen LogP contribution in [0.2, 0.25) is 0 Å². The molecule has 0 aromatic heterocycles. The van der Waals surface area contributed by atoms with Gasteiger partial charge in [0, 0.05) is 38.8 Å². The first kappa shape index (κ1) is 15.9. The van der Waals surface area contributed by atoms with Gasteiger partial charge < -0.3 is 5.11 Å². The van der Waals surface area contributed by atoms with E-state index in [0.29, 0.717) is 18.2 Å². The molecule has 1 saturated heterocycles. The Balaban J connectivity index is 2.00. The van der Waals surface area contributed by atoms with Gasteiger partial charge in [-0.15, -0.1) is 0 Å². The summed E-state index contributed by atoms with van der Waals surface area (Å²) in [5.74, 6) is -1.38. The van der Waals surface area contributed by atoms with Crippen molar-refractivity contribution in [1.82, 2.24) is 9.80 Å². The molecule has 116 valence electrons. The van der Waals surface area contributed by atoms with Gasteiger partial charge in [0.2, 0.25) is 0 Å². The summed E-state index contributed by atoms with van der Waals surface area (Å²) >= 11 is 0. The molecule has 1 fully saturated rings. The summed E-state index contributed by atoms with van der Waals surface area (Å²) in [5, 5.41) is 9.18. The van der Waals surface area contributed by atoms with Crippen molar-refractivity contribution in [3.8, 4) is 0 Å². The van der Waals surface area contributed by atoms with Gasteiger partial charge in [-0.3, -0.25) is 9.80 Å². The highest BCUT2D eigenvalue weighted by Gasteiger charge is 2.21. The molecule has 1 N–H and O–H groups in total. The molecule has 21 heavy (non-hydrogen) atoms. The summed E-state index contributed by atoms with van der Waals surface area (Å²) in [7, 11) is 0. The quantitative estimate of drug-likeness (QED) is 0.906. The van der Waals surface area contributed by atoms with Crippen molar-refractivity contribution < 1.29 is 14.3 Å². The fourth-order valence-electron chi connectivity index (χ4n) is 2.76. The van der Waals surface area contributed by atoms with E-state index in [1.807, 2.05) is 0 Å². The highest BCUT2D eigenvalue weighted by atomic mass is 19.1. The molecular formula is C16H23FN2O2. The van der Waals surface area contributed by atoms with Gasteiger partial charge in [0.25, 0.3) is 0 Å². The molecule has 0 bridgehead atoms. The number of hydrogen-bond acceptors (Lipinski definition) is 3. The van der Waals surface area contributed by atoms with Crippen molar-refractivity contribution in [1.29, 1.82) is 0 Å². The Hall–Kier alpha value is -1.46. The summed E-state index contributed by atoms with van der Waals surface area (Å²) in [4.78, 5) is 15.8. The Morgan fingerprint density at radius 1 is 1.33 bits per heavy atom. The van der Waals surface area contributed by atoms with Crippen LogP contribution < -0.4 is 0 Å². The summed E-state index contributed by atoms with van der Waals surface area (Å²) in [6.07, 6.45) is 1.13. The Morgan fingerprint density at radius 2 is 2.00 bits per heavy atom. The van der Waals surface area contributed by atoms with Gasteiger partial charge >= 0.3 is 5.97 Å². The van der Waals surface area contributed by atoms with E-state index in [4.69, 9.17) is 0 Å². The number of piperazine rings is 1. The van der Waals surface area contributed by atoms with Gasteiger partial charge in [0.05, 0.1) is 5.56 Å². The van der Waals surface area contributed by atoms with Crippen LogP contribution in [0.3, 0.4) is 0 Å². The molecule has 0 spiro atoms. The summed E-state index contributed by atoms with van der Waals surface area (Å²) in [5.41, 5.74) is 0.750. The number of carboxylic acid groups (broad SMARTS) is 1. The summed E-state index contributed by atoms with van der Waals surface area (Å²) < 4.78 is 13.4. The third-order valence-corrected chi connectivity index (χ3v) is 4.31. The minimum Gasteiger partial charge on any atom is -0.478 e. The lowest BCUT2D eigenvalue weighted by atomic mass is 10.1. The second-order valence-corrected chi connectivity index (χ2v) is 5.68. The molecule has 0 saturated carbocycles.